The molecule has 0 N–H and O–H groups in total. The fraction of sp³-hybridized carbons (Fsp3) is 0.200. The Morgan fingerprint density at radius 2 is 2.00 bits per heavy atom. The van der Waals surface area contributed by atoms with E-state index >= 15 is 0 Å². The second kappa shape index (κ2) is 6.95. The summed E-state index contributed by atoms with van der Waals surface area (Å²) in [7, 11) is 0. The fourth-order valence-corrected chi connectivity index (χ4v) is 4.98. The molecule has 0 radical (unpaired) electrons. The Morgan fingerprint density at radius 3 is 2.65 bits per heavy atom. The van der Waals surface area contributed by atoms with E-state index in [9.17, 15) is 4.79 Å². The standard InChI is InChI=1S/C15H11Cl3N2OS2/c1-2-5-20-10-4-3-8(16)6-11(10)22-15(20)19-14(21)9-7-12(17)23-13(9)18/h3-4,6-7H,2,5H2,1H3. The molecule has 0 saturated heterocycles. The van der Waals surface area contributed by atoms with Crippen molar-refractivity contribution in [3.63, 3.8) is 0 Å². The third-order valence-electron chi connectivity index (χ3n) is 3.18. The molecule has 1 aromatic carbocycles. The molecule has 0 atom stereocenters. The molecule has 0 spiro atoms. The molecule has 0 aliphatic rings. The number of hydrogen-bond donors (Lipinski definition) is 0. The molecule has 0 fully saturated rings. The zero-order chi connectivity index (χ0) is 16.6. The topological polar surface area (TPSA) is 34.4 Å². The van der Waals surface area contributed by atoms with Gasteiger partial charge >= 0.3 is 0 Å². The van der Waals surface area contributed by atoms with Crippen molar-refractivity contribution in [3.05, 3.63) is 48.3 Å². The SMILES string of the molecule is CCCn1c(=NC(=O)c2cc(Cl)sc2Cl)sc2cc(Cl)ccc21. The molecule has 3 rings (SSSR count). The molecule has 0 unspecified atom stereocenters. The normalized spacial score (nSPS) is 12.3. The van der Waals surface area contributed by atoms with Gasteiger partial charge in [-0.2, -0.15) is 4.99 Å². The summed E-state index contributed by atoms with van der Waals surface area (Å²) in [6.07, 6.45) is 0.931. The first kappa shape index (κ1) is 17.0. The number of hydrogen-bond acceptors (Lipinski definition) is 3. The Hall–Kier alpha value is -0.850. The van der Waals surface area contributed by atoms with Crippen molar-refractivity contribution in [1.29, 1.82) is 0 Å². The lowest BCUT2D eigenvalue weighted by molar-refractivity contribution is 0.0998. The minimum absolute atomic E-state index is 0.334. The van der Waals surface area contributed by atoms with E-state index in [1.807, 2.05) is 22.8 Å². The van der Waals surface area contributed by atoms with Crippen LogP contribution in [-0.2, 0) is 6.54 Å². The number of benzene rings is 1. The Bertz CT molecular complexity index is 955. The van der Waals surface area contributed by atoms with Crippen molar-refractivity contribution >= 4 is 73.6 Å². The highest BCUT2D eigenvalue weighted by Gasteiger charge is 2.15. The molecule has 8 heteroatoms. The first-order chi connectivity index (χ1) is 11.0. The first-order valence-electron chi connectivity index (χ1n) is 6.82. The van der Waals surface area contributed by atoms with Crippen molar-refractivity contribution in [1.82, 2.24) is 4.57 Å². The van der Waals surface area contributed by atoms with Gasteiger partial charge in [-0.15, -0.1) is 11.3 Å². The van der Waals surface area contributed by atoms with Crippen LogP contribution in [0.5, 0.6) is 0 Å². The van der Waals surface area contributed by atoms with Gasteiger partial charge in [0.05, 0.1) is 20.1 Å². The van der Waals surface area contributed by atoms with Crippen molar-refractivity contribution in [2.24, 2.45) is 4.99 Å². The highest BCUT2D eigenvalue weighted by atomic mass is 35.5. The zero-order valence-corrected chi connectivity index (χ0v) is 15.9. The molecule has 0 bridgehead atoms. The summed E-state index contributed by atoms with van der Waals surface area (Å²) in [6, 6.07) is 7.21. The third-order valence-corrected chi connectivity index (χ3v) is 5.94. The van der Waals surface area contributed by atoms with Crippen LogP contribution in [0.2, 0.25) is 13.7 Å². The molecule has 2 aromatic heterocycles. The molecule has 120 valence electrons. The van der Waals surface area contributed by atoms with E-state index in [4.69, 9.17) is 34.8 Å². The predicted octanol–water partition coefficient (Wildman–Crippen LogP) is 5.88. The van der Waals surface area contributed by atoms with Crippen molar-refractivity contribution in [2.45, 2.75) is 19.9 Å². The van der Waals surface area contributed by atoms with Gasteiger partial charge in [0.1, 0.15) is 4.34 Å². The number of aryl methyl sites for hydroxylation is 1. The van der Waals surface area contributed by atoms with E-state index in [2.05, 4.69) is 11.9 Å². The van der Waals surface area contributed by atoms with Crippen LogP contribution in [-0.4, -0.2) is 10.5 Å². The van der Waals surface area contributed by atoms with Crippen LogP contribution >= 0.6 is 57.5 Å². The van der Waals surface area contributed by atoms with E-state index in [0.717, 1.165) is 34.5 Å². The van der Waals surface area contributed by atoms with Crippen molar-refractivity contribution < 1.29 is 4.79 Å². The molecule has 0 aliphatic heterocycles. The summed E-state index contributed by atoms with van der Waals surface area (Å²) in [4.78, 5) is 17.3. The van der Waals surface area contributed by atoms with Crippen LogP contribution in [0, 0.1) is 0 Å². The van der Waals surface area contributed by atoms with Crippen LogP contribution < -0.4 is 4.80 Å². The maximum absolute atomic E-state index is 12.4. The number of carbonyl (C=O) groups is 1. The minimum atomic E-state index is -0.388. The molecule has 3 aromatic rings. The number of thiazole rings is 1. The highest BCUT2D eigenvalue weighted by Crippen LogP contribution is 2.31. The number of aromatic nitrogens is 1. The van der Waals surface area contributed by atoms with Crippen molar-refractivity contribution in [3.8, 4) is 0 Å². The second-order valence-electron chi connectivity index (χ2n) is 4.80. The van der Waals surface area contributed by atoms with E-state index in [1.165, 1.54) is 11.3 Å². The van der Waals surface area contributed by atoms with Gasteiger partial charge in [0.25, 0.3) is 5.91 Å². The molecular weight excluding hydrogens is 395 g/mol. The molecule has 1 amide bonds. The number of amides is 1. The Kier molecular flexibility index (Phi) is 5.13. The molecular formula is C15H11Cl3N2OS2. The molecule has 3 nitrogen and oxygen atoms in total. The predicted molar refractivity (Wildman–Crippen MR) is 99.3 cm³/mol. The number of carbonyl (C=O) groups excluding carboxylic acids is 1. The number of nitrogens with zero attached hydrogens (tertiary/aromatic N) is 2. The number of rotatable bonds is 3. The van der Waals surface area contributed by atoms with Crippen LogP contribution in [0.15, 0.2) is 29.3 Å². The molecule has 23 heavy (non-hydrogen) atoms. The van der Waals surface area contributed by atoms with Gasteiger partial charge in [-0.1, -0.05) is 53.1 Å². The largest absolute Gasteiger partial charge is 0.316 e. The monoisotopic (exact) mass is 404 g/mol. The minimum Gasteiger partial charge on any atom is -0.316 e. The van der Waals surface area contributed by atoms with Crippen LogP contribution in [0.25, 0.3) is 10.2 Å². The summed E-state index contributed by atoms with van der Waals surface area (Å²) < 4.78 is 3.84. The van der Waals surface area contributed by atoms with Gasteiger partial charge < -0.3 is 4.57 Å². The van der Waals surface area contributed by atoms with Gasteiger partial charge in [-0.3, -0.25) is 4.79 Å². The summed E-state index contributed by atoms with van der Waals surface area (Å²) in [5.74, 6) is -0.388. The lowest BCUT2D eigenvalue weighted by Crippen LogP contribution is -2.16. The van der Waals surface area contributed by atoms with Crippen molar-refractivity contribution in [2.75, 3.05) is 0 Å². The van der Waals surface area contributed by atoms with Gasteiger partial charge in [0.2, 0.25) is 0 Å². The average Bonchev–Trinajstić information content (AvgIpc) is 2.99. The average molecular weight is 406 g/mol. The Balaban J connectivity index is 2.16. The van der Waals surface area contributed by atoms with Crippen LogP contribution in [0.1, 0.15) is 23.7 Å². The van der Waals surface area contributed by atoms with E-state index < -0.39 is 0 Å². The summed E-state index contributed by atoms with van der Waals surface area (Å²) in [5.41, 5.74) is 1.35. The maximum Gasteiger partial charge on any atom is 0.282 e. The zero-order valence-electron chi connectivity index (χ0n) is 12.0. The van der Waals surface area contributed by atoms with Gasteiger partial charge in [-0.05, 0) is 30.7 Å². The van der Waals surface area contributed by atoms with E-state index in [0.29, 0.717) is 24.1 Å². The summed E-state index contributed by atoms with van der Waals surface area (Å²) >= 11 is 20.6. The second-order valence-corrected chi connectivity index (χ2v) is 8.53. The number of fused-ring (bicyclic) bond motifs is 1. The maximum atomic E-state index is 12.4. The summed E-state index contributed by atoms with van der Waals surface area (Å²) in [5, 5.41) is 0.660. The first-order valence-corrected chi connectivity index (χ1v) is 9.59. The van der Waals surface area contributed by atoms with Gasteiger partial charge in [0.15, 0.2) is 4.80 Å². The van der Waals surface area contributed by atoms with Gasteiger partial charge in [0, 0.05) is 11.6 Å². The van der Waals surface area contributed by atoms with E-state index in [1.54, 1.807) is 6.07 Å². The molecule has 2 heterocycles. The lowest BCUT2D eigenvalue weighted by Gasteiger charge is -2.02. The number of thiophene rings is 1. The van der Waals surface area contributed by atoms with Crippen LogP contribution in [0.4, 0.5) is 0 Å². The fourth-order valence-electron chi connectivity index (χ4n) is 2.21. The number of halogens is 3. The summed E-state index contributed by atoms with van der Waals surface area (Å²) in [6.45, 7) is 2.85. The third kappa shape index (κ3) is 3.49. The van der Waals surface area contributed by atoms with Crippen LogP contribution in [0.3, 0.4) is 0 Å². The highest BCUT2D eigenvalue weighted by molar-refractivity contribution is 7.20. The van der Waals surface area contributed by atoms with E-state index in [-0.39, 0.29) is 5.91 Å². The molecule has 0 saturated carbocycles. The smallest absolute Gasteiger partial charge is 0.282 e. The van der Waals surface area contributed by atoms with Gasteiger partial charge in [-0.25, -0.2) is 0 Å². The Morgan fingerprint density at radius 1 is 1.22 bits per heavy atom. The Labute approximate surface area is 155 Å². The molecule has 0 aliphatic carbocycles. The lowest BCUT2D eigenvalue weighted by atomic mass is 10.3. The quantitative estimate of drug-likeness (QED) is 0.536.